The Morgan fingerprint density at radius 1 is 1.28 bits per heavy atom. The van der Waals surface area contributed by atoms with Gasteiger partial charge in [0.15, 0.2) is 0 Å². The lowest BCUT2D eigenvalue weighted by Gasteiger charge is -2.17. The first-order valence-corrected chi connectivity index (χ1v) is 8.74. The molecule has 0 unspecified atom stereocenters. The number of unbranched alkanes of at least 4 members (excludes halogenated alkanes) is 1. The van der Waals surface area contributed by atoms with Crippen LogP contribution in [0.15, 0.2) is 43.2 Å². The second-order valence-electron chi connectivity index (χ2n) is 6.28. The van der Waals surface area contributed by atoms with Crippen LogP contribution in [0.25, 0.3) is 0 Å². The highest BCUT2D eigenvalue weighted by atomic mass is 16.3. The minimum atomic E-state index is -0.426. The zero-order chi connectivity index (χ0) is 18.7. The number of hydrogen-bond acceptors (Lipinski definition) is 3. The average molecular weight is 345 g/mol. The van der Waals surface area contributed by atoms with Crippen molar-refractivity contribution in [3.63, 3.8) is 0 Å². The quantitative estimate of drug-likeness (QED) is 0.282. The van der Waals surface area contributed by atoms with Gasteiger partial charge in [0.05, 0.1) is 6.04 Å². The van der Waals surface area contributed by atoms with E-state index in [-0.39, 0.29) is 11.8 Å². The Hall–Kier alpha value is -2.27. The molecule has 0 aliphatic rings. The summed E-state index contributed by atoms with van der Waals surface area (Å²) in [5.41, 5.74) is 3.90. The van der Waals surface area contributed by atoms with E-state index in [9.17, 15) is 9.90 Å². The number of aliphatic hydroxyl groups excluding tert-OH is 1. The molecule has 0 aliphatic heterocycles. The van der Waals surface area contributed by atoms with Gasteiger partial charge in [-0.1, -0.05) is 30.9 Å². The molecule has 1 atom stereocenters. The molecule has 1 aromatic rings. The molecule has 5 nitrogen and oxygen atoms in total. The summed E-state index contributed by atoms with van der Waals surface area (Å²) < 4.78 is 0. The summed E-state index contributed by atoms with van der Waals surface area (Å²) in [5.74, 6) is -0.0168. The molecule has 0 heterocycles. The van der Waals surface area contributed by atoms with Gasteiger partial charge in [-0.15, -0.1) is 6.58 Å². The molecule has 1 aromatic carbocycles. The van der Waals surface area contributed by atoms with E-state index in [2.05, 4.69) is 61.2 Å². The van der Waals surface area contributed by atoms with Gasteiger partial charge in [0.25, 0.3) is 0 Å². The number of urea groups is 1. The van der Waals surface area contributed by atoms with E-state index in [0.29, 0.717) is 13.0 Å². The molecular weight excluding hydrogens is 314 g/mol. The van der Waals surface area contributed by atoms with Crippen LogP contribution in [-0.4, -0.2) is 30.3 Å². The van der Waals surface area contributed by atoms with E-state index < -0.39 is 6.04 Å². The number of rotatable bonds is 11. The van der Waals surface area contributed by atoms with Gasteiger partial charge in [-0.2, -0.15) is 0 Å². The molecule has 0 bridgehead atoms. The lowest BCUT2D eigenvalue weighted by molar-refractivity contribution is 0.233. The smallest absolute Gasteiger partial charge is 0.315 e. The van der Waals surface area contributed by atoms with Crippen LogP contribution in [-0.2, 0) is 6.54 Å². The molecule has 0 saturated carbocycles. The Labute approximate surface area is 151 Å². The molecule has 4 N–H and O–H groups in total. The van der Waals surface area contributed by atoms with Gasteiger partial charge in [-0.3, -0.25) is 0 Å². The summed E-state index contributed by atoms with van der Waals surface area (Å²) in [4.78, 5) is 11.6. The Bertz CT molecular complexity index is 584. The minimum absolute atomic E-state index is 0.0168. The number of aryl methyl sites for hydroxylation is 2. The van der Waals surface area contributed by atoms with Crippen LogP contribution in [0.2, 0.25) is 0 Å². The van der Waals surface area contributed by atoms with Crippen molar-refractivity contribution in [2.45, 2.75) is 45.7 Å². The normalized spacial score (nSPS) is 11.6. The van der Waals surface area contributed by atoms with Crippen LogP contribution in [0.4, 0.5) is 4.79 Å². The number of amides is 2. The van der Waals surface area contributed by atoms with Gasteiger partial charge in [0, 0.05) is 13.1 Å². The Kier molecular flexibility index (Phi) is 9.40. The van der Waals surface area contributed by atoms with Crippen molar-refractivity contribution in [1.82, 2.24) is 16.0 Å². The molecule has 5 heteroatoms. The maximum Gasteiger partial charge on any atom is 0.315 e. The van der Waals surface area contributed by atoms with Crippen LogP contribution in [0, 0.1) is 13.8 Å². The SMILES string of the molecule is C=CCNC(=O)N[C@@H](CCCCNCc1ccc(C)c(C)c1)C(=C)O. The summed E-state index contributed by atoms with van der Waals surface area (Å²) in [5, 5.41) is 18.4. The van der Waals surface area contributed by atoms with Crippen molar-refractivity contribution in [3.05, 3.63) is 59.9 Å². The second kappa shape index (κ2) is 11.3. The van der Waals surface area contributed by atoms with Crippen molar-refractivity contribution in [2.75, 3.05) is 13.1 Å². The molecule has 0 saturated heterocycles. The fraction of sp³-hybridized carbons (Fsp3) is 0.450. The van der Waals surface area contributed by atoms with Gasteiger partial charge in [-0.25, -0.2) is 4.79 Å². The summed E-state index contributed by atoms with van der Waals surface area (Å²) in [7, 11) is 0. The predicted molar refractivity (Wildman–Crippen MR) is 104 cm³/mol. The fourth-order valence-electron chi connectivity index (χ4n) is 2.44. The number of nitrogens with one attached hydrogen (secondary N) is 3. The third-order valence-electron chi connectivity index (χ3n) is 4.11. The van der Waals surface area contributed by atoms with Crippen molar-refractivity contribution in [2.24, 2.45) is 0 Å². The van der Waals surface area contributed by atoms with Crippen molar-refractivity contribution in [3.8, 4) is 0 Å². The molecule has 25 heavy (non-hydrogen) atoms. The largest absolute Gasteiger partial charge is 0.511 e. The topological polar surface area (TPSA) is 73.4 Å². The second-order valence-corrected chi connectivity index (χ2v) is 6.28. The monoisotopic (exact) mass is 345 g/mol. The maximum absolute atomic E-state index is 11.6. The van der Waals surface area contributed by atoms with Crippen LogP contribution in [0.3, 0.4) is 0 Å². The third-order valence-corrected chi connectivity index (χ3v) is 4.11. The Morgan fingerprint density at radius 3 is 2.68 bits per heavy atom. The first-order chi connectivity index (χ1) is 11.9. The van der Waals surface area contributed by atoms with E-state index in [1.807, 2.05) is 0 Å². The fourth-order valence-corrected chi connectivity index (χ4v) is 2.44. The first-order valence-electron chi connectivity index (χ1n) is 8.74. The molecule has 138 valence electrons. The summed E-state index contributed by atoms with van der Waals surface area (Å²) >= 11 is 0. The van der Waals surface area contributed by atoms with Crippen LogP contribution in [0.5, 0.6) is 0 Å². The van der Waals surface area contributed by atoms with Crippen LogP contribution in [0.1, 0.15) is 36.0 Å². The molecule has 0 spiro atoms. The minimum Gasteiger partial charge on any atom is -0.511 e. The zero-order valence-corrected chi connectivity index (χ0v) is 15.4. The predicted octanol–water partition coefficient (Wildman–Crippen LogP) is 3.49. The lowest BCUT2D eigenvalue weighted by Crippen LogP contribution is -2.43. The molecule has 0 radical (unpaired) electrons. The molecule has 0 aromatic heterocycles. The highest BCUT2D eigenvalue weighted by molar-refractivity contribution is 5.74. The highest BCUT2D eigenvalue weighted by Gasteiger charge is 2.14. The van der Waals surface area contributed by atoms with Gasteiger partial charge in [0.1, 0.15) is 5.76 Å². The molecular formula is C20H31N3O2. The zero-order valence-electron chi connectivity index (χ0n) is 15.4. The van der Waals surface area contributed by atoms with E-state index in [4.69, 9.17) is 0 Å². The van der Waals surface area contributed by atoms with Crippen molar-refractivity contribution >= 4 is 6.03 Å². The molecule has 0 fully saturated rings. The van der Waals surface area contributed by atoms with Gasteiger partial charge in [0.2, 0.25) is 0 Å². The van der Waals surface area contributed by atoms with E-state index >= 15 is 0 Å². The summed E-state index contributed by atoms with van der Waals surface area (Å²) in [6, 6.07) is 5.75. The summed E-state index contributed by atoms with van der Waals surface area (Å²) in [6.45, 7) is 13.4. The molecule has 0 aliphatic carbocycles. The third kappa shape index (κ3) is 8.40. The Morgan fingerprint density at radius 2 is 2.04 bits per heavy atom. The average Bonchev–Trinajstić information content (AvgIpc) is 2.57. The Balaban J connectivity index is 2.23. The number of carbonyl (C=O) groups is 1. The van der Waals surface area contributed by atoms with Gasteiger partial charge in [-0.05, 0) is 56.3 Å². The number of carbonyl (C=O) groups excluding carboxylic acids is 1. The number of aliphatic hydroxyl groups is 1. The molecule has 1 rings (SSSR count). The number of benzene rings is 1. The highest BCUT2D eigenvalue weighted by Crippen LogP contribution is 2.10. The maximum atomic E-state index is 11.6. The lowest BCUT2D eigenvalue weighted by atomic mass is 10.1. The summed E-state index contributed by atoms with van der Waals surface area (Å²) in [6.07, 6.45) is 4.10. The van der Waals surface area contributed by atoms with Crippen molar-refractivity contribution < 1.29 is 9.90 Å². The van der Waals surface area contributed by atoms with Crippen LogP contribution < -0.4 is 16.0 Å². The standard InChI is InChI=1S/C20H31N3O2/c1-5-11-22-20(25)23-19(17(4)24)8-6-7-12-21-14-18-10-9-15(2)16(3)13-18/h5,9-10,13,19,21,24H,1,4,6-8,11-12,14H2,2-3H3,(H2,22,23,25)/t19-/m0/s1. The number of hydrogen-bond donors (Lipinski definition) is 4. The van der Waals surface area contributed by atoms with Crippen LogP contribution >= 0.6 is 0 Å². The first kappa shape index (κ1) is 20.8. The van der Waals surface area contributed by atoms with Crippen molar-refractivity contribution in [1.29, 1.82) is 0 Å². The van der Waals surface area contributed by atoms with E-state index in [1.54, 1.807) is 6.08 Å². The molecule has 2 amide bonds. The van der Waals surface area contributed by atoms with Gasteiger partial charge < -0.3 is 21.1 Å². The van der Waals surface area contributed by atoms with E-state index in [1.165, 1.54) is 16.7 Å². The van der Waals surface area contributed by atoms with Gasteiger partial charge >= 0.3 is 6.03 Å². The van der Waals surface area contributed by atoms with E-state index in [0.717, 1.165) is 25.9 Å².